The standard InChI is InChI=1S/C13H17N5/c1-2-4-12(3-1)15-7-11-5-6-13(16-8-11)18-10-14-9-17-18/h5-6,8-10,12,15H,1-4,7H2. The van der Waals surface area contributed by atoms with Crippen LogP contribution in [0.3, 0.4) is 0 Å². The van der Waals surface area contributed by atoms with Crippen LogP contribution in [0.15, 0.2) is 31.0 Å². The highest BCUT2D eigenvalue weighted by atomic mass is 15.3. The first-order valence-corrected chi connectivity index (χ1v) is 6.45. The summed E-state index contributed by atoms with van der Waals surface area (Å²) >= 11 is 0. The summed E-state index contributed by atoms with van der Waals surface area (Å²) in [7, 11) is 0. The summed E-state index contributed by atoms with van der Waals surface area (Å²) in [6, 6.07) is 4.76. The number of pyridine rings is 1. The maximum absolute atomic E-state index is 4.39. The Balaban J connectivity index is 1.60. The molecule has 0 bridgehead atoms. The van der Waals surface area contributed by atoms with Gasteiger partial charge in [-0.05, 0) is 24.5 Å². The van der Waals surface area contributed by atoms with Crippen LogP contribution in [0.1, 0.15) is 31.2 Å². The molecule has 1 saturated carbocycles. The van der Waals surface area contributed by atoms with Gasteiger partial charge in [0.25, 0.3) is 0 Å². The zero-order valence-corrected chi connectivity index (χ0v) is 10.3. The molecule has 94 valence electrons. The number of hydrogen-bond acceptors (Lipinski definition) is 4. The molecule has 5 nitrogen and oxygen atoms in total. The van der Waals surface area contributed by atoms with E-state index >= 15 is 0 Å². The Kier molecular flexibility index (Phi) is 3.32. The van der Waals surface area contributed by atoms with Gasteiger partial charge in [0.05, 0.1) is 0 Å². The summed E-state index contributed by atoms with van der Waals surface area (Å²) in [6.07, 6.45) is 10.4. The van der Waals surface area contributed by atoms with Crippen molar-refractivity contribution in [2.24, 2.45) is 0 Å². The van der Waals surface area contributed by atoms with Crippen LogP contribution in [-0.4, -0.2) is 25.8 Å². The molecule has 2 aromatic heterocycles. The maximum Gasteiger partial charge on any atom is 0.155 e. The Hall–Kier alpha value is -1.75. The Labute approximate surface area is 106 Å². The van der Waals surface area contributed by atoms with Crippen molar-refractivity contribution in [1.82, 2.24) is 25.1 Å². The molecule has 0 radical (unpaired) electrons. The molecule has 3 rings (SSSR count). The first-order chi connectivity index (χ1) is 8.92. The molecule has 1 fully saturated rings. The number of hydrogen-bond donors (Lipinski definition) is 1. The van der Waals surface area contributed by atoms with Crippen LogP contribution in [0, 0.1) is 0 Å². The summed E-state index contributed by atoms with van der Waals surface area (Å²) in [4.78, 5) is 8.30. The molecule has 0 unspecified atom stereocenters. The molecule has 5 heteroatoms. The molecule has 0 amide bonds. The van der Waals surface area contributed by atoms with Crippen molar-refractivity contribution in [1.29, 1.82) is 0 Å². The van der Waals surface area contributed by atoms with Crippen LogP contribution in [-0.2, 0) is 6.54 Å². The lowest BCUT2D eigenvalue weighted by atomic mass is 10.2. The third-order valence-electron chi connectivity index (χ3n) is 3.41. The second-order valence-electron chi connectivity index (χ2n) is 4.73. The summed E-state index contributed by atoms with van der Waals surface area (Å²) in [5.74, 6) is 0.803. The van der Waals surface area contributed by atoms with Crippen molar-refractivity contribution in [2.75, 3.05) is 0 Å². The van der Waals surface area contributed by atoms with E-state index in [9.17, 15) is 0 Å². The molecule has 18 heavy (non-hydrogen) atoms. The minimum absolute atomic E-state index is 0.694. The second-order valence-corrected chi connectivity index (χ2v) is 4.73. The van der Waals surface area contributed by atoms with Crippen LogP contribution < -0.4 is 5.32 Å². The summed E-state index contributed by atoms with van der Waals surface area (Å²) in [5.41, 5.74) is 1.21. The fourth-order valence-corrected chi connectivity index (χ4v) is 2.38. The molecule has 1 aliphatic carbocycles. The van der Waals surface area contributed by atoms with Gasteiger partial charge in [-0.25, -0.2) is 14.6 Å². The van der Waals surface area contributed by atoms with Crippen LogP contribution in [0.25, 0.3) is 5.82 Å². The quantitative estimate of drug-likeness (QED) is 0.888. The molecular weight excluding hydrogens is 226 g/mol. The summed E-state index contributed by atoms with van der Waals surface area (Å²) < 4.78 is 1.66. The van der Waals surface area contributed by atoms with Crippen molar-refractivity contribution in [3.63, 3.8) is 0 Å². The molecular formula is C13H17N5. The minimum atomic E-state index is 0.694. The maximum atomic E-state index is 4.39. The van der Waals surface area contributed by atoms with E-state index in [4.69, 9.17) is 0 Å². The van der Waals surface area contributed by atoms with Crippen LogP contribution >= 0.6 is 0 Å². The van der Waals surface area contributed by atoms with E-state index in [1.807, 2.05) is 12.3 Å². The van der Waals surface area contributed by atoms with Crippen LogP contribution in [0.2, 0.25) is 0 Å². The lowest BCUT2D eigenvalue weighted by Gasteiger charge is -2.11. The van der Waals surface area contributed by atoms with Crippen molar-refractivity contribution in [3.8, 4) is 5.82 Å². The summed E-state index contributed by atoms with van der Waals surface area (Å²) in [5, 5.41) is 7.63. The molecule has 0 aromatic carbocycles. The number of aromatic nitrogens is 4. The van der Waals surface area contributed by atoms with Crippen molar-refractivity contribution < 1.29 is 0 Å². The average Bonchev–Trinajstić information content (AvgIpc) is 3.10. The van der Waals surface area contributed by atoms with E-state index in [-0.39, 0.29) is 0 Å². The number of rotatable bonds is 4. The van der Waals surface area contributed by atoms with Crippen molar-refractivity contribution >= 4 is 0 Å². The van der Waals surface area contributed by atoms with Gasteiger partial charge in [0.15, 0.2) is 5.82 Å². The van der Waals surface area contributed by atoms with Crippen molar-refractivity contribution in [2.45, 2.75) is 38.3 Å². The first kappa shape index (κ1) is 11.3. The smallest absolute Gasteiger partial charge is 0.155 e. The SMILES string of the molecule is c1ncn(-c2ccc(CNC3CCCC3)cn2)n1. The number of nitrogens with one attached hydrogen (secondary N) is 1. The highest BCUT2D eigenvalue weighted by Gasteiger charge is 2.13. The van der Waals surface area contributed by atoms with Crippen LogP contribution in [0.4, 0.5) is 0 Å². The molecule has 1 aliphatic rings. The molecule has 0 atom stereocenters. The highest BCUT2D eigenvalue weighted by molar-refractivity contribution is 5.23. The van der Waals surface area contributed by atoms with E-state index in [0.29, 0.717) is 6.04 Å². The van der Waals surface area contributed by atoms with E-state index in [2.05, 4.69) is 26.4 Å². The van der Waals surface area contributed by atoms with Gasteiger partial charge in [-0.3, -0.25) is 0 Å². The normalized spacial score (nSPS) is 16.2. The second kappa shape index (κ2) is 5.27. The molecule has 2 heterocycles. The van der Waals surface area contributed by atoms with Crippen molar-refractivity contribution in [3.05, 3.63) is 36.5 Å². The minimum Gasteiger partial charge on any atom is -0.310 e. The zero-order chi connectivity index (χ0) is 12.2. The molecule has 2 aromatic rings. The van der Waals surface area contributed by atoms with E-state index in [0.717, 1.165) is 12.4 Å². The Morgan fingerprint density at radius 3 is 2.83 bits per heavy atom. The lowest BCUT2D eigenvalue weighted by molar-refractivity contribution is 0.523. The van der Waals surface area contributed by atoms with Gasteiger partial charge < -0.3 is 5.32 Å². The Morgan fingerprint density at radius 1 is 1.28 bits per heavy atom. The van der Waals surface area contributed by atoms with Gasteiger partial charge in [-0.2, -0.15) is 5.10 Å². The zero-order valence-electron chi connectivity index (χ0n) is 10.3. The predicted molar refractivity (Wildman–Crippen MR) is 68.2 cm³/mol. The van der Waals surface area contributed by atoms with E-state index < -0.39 is 0 Å². The number of nitrogens with zero attached hydrogens (tertiary/aromatic N) is 4. The van der Waals surface area contributed by atoms with E-state index in [1.54, 1.807) is 11.0 Å². The van der Waals surface area contributed by atoms with Crippen LogP contribution in [0.5, 0.6) is 0 Å². The lowest BCUT2D eigenvalue weighted by Crippen LogP contribution is -2.25. The Bertz CT molecular complexity index is 471. The van der Waals surface area contributed by atoms with Gasteiger partial charge in [-0.15, -0.1) is 0 Å². The Morgan fingerprint density at radius 2 is 2.17 bits per heavy atom. The molecule has 0 spiro atoms. The fourth-order valence-electron chi connectivity index (χ4n) is 2.38. The van der Waals surface area contributed by atoms with Gasteiger partial charge in [0.2, 0.25) is 0 Å². The molecule has 1 N–H and O–H groups in total. The molecule has 0 saturated heterocycles. The van der Waals surface area contributed by atoms with E-state index in [1.165, 1.54) is 37.6 Å². The summed E-state index contributed by atoms with van der Waals surface area (Å²) in [6.45, 7) is 0.898. The van der Waals surface area contributed by atoms with Gasteiger partial charge in [0, 0.05) is 18.8 Å². The third kappa shape index (κ3) is 2.56. The third-order valence-corrected chi connectivity index (χ3v) is 3.41. The first-order valence-electron chi connectivity index (χ1n) is 6.45. The monoisotopic (exact) mass is 243 g/mol. The molecule has 0 aliphatic heterocycles. The topological polar surface area (TPSA) is 55.6 Å². The van der Waals surface area contributed by atoms with Gasteiger partial charge in [-0.1, -0.05) is 18.9 Å². The van der Waals surface area contributed by atoms with Gasteiger partial charge >= 0.3 is 0 Å². The van der Waals surface area contributed by atoms with Gasteiger partial charge in [0.1, 0.15) is 12.7 Å². The predicted octanol–water partition coefficient (Wildman–Crippen LogP) is 1.69. The fraction of sp³-hybridized carbons (Fsp3) is 0.462. The highest BCUT2D eigenvalue weighted by Crippen LogP contribution is 2.18. The average molecular weight is 243 g/mol. The largest absolute Gasteiger partial charge is 0.310 e.